The first-order valence-corrected chi connectivity index (χ1v) is 5.45. The molecule has 0 aliphatic rings. The molecule has 84 valence electrons. The molecule has 0 bridgehead atoms. The van der Waals surface area contributed by atoms with Gasteiger partial charge in [-0.1, -0.05) is 12.1 Å². The molecule has 4 heteroatoms. The first kappa shape index (κ1) is 9.84. The fourth-order valence-corrected chi connectivity index (χ4v) is 1.83. The van der Waals surface area contributed by atoms with E-state index in [1.54, 1.807) is 6.33 Å². The zero-order valence-electron chi connectivity index (χ0n) is 9.44. The molecular weight excluding hydrogens is 212 g/mol. The minimum Gasteiger partial charge on any atom is -0.357 e. The highest BCUT2D eigenvalue weighted by Crippen LogP contribution is 2.21. The average molecular weight is 224 g/mol. The predicted molar refractivity (Wildman–Crippen MR) is 68.4 cm³/mol. The molecule has 0 atom stereocenters. The maximum absolute atomic E-state index is 4.25. The third-order valence-electron chi connectivity index (χ3n) is 2.63. The van der Waals surface area contributed by atoms with Crippen LogP contribution in [-0.2, 0) is 0 Å². The Labute approximate surface area is 98.7 Å². The number of anilines is 2. The monoisotopic (exact) mass is 224 g/mol. The molecule has 0 saturated carbocycles. The van der Waals surface area contributed by atoms with E-state index in [0.29, 0.717) is 0 Å². The first-order valence-electron chi connectivity index (χ1n) is 5.45. The van der Waals surface area contributed by atoms with Gasteiger partial charge >= 0.3 is 0 Å². The van der Waals surface area contributed by atoms with Gasteiger partial charge in [-0.15, -0.1) is 0 Å². The van der Waals surface area contributed by atoms with Crippen LogP contribution in [0.1, 0.15) is 5.56 Å². The molecule has 0 amide bonds. The molecule has 3 aromatic rings. The highest BCUT2D eigenvalue weighted by atomic mass is 15.0. The van der Waals surface area contributed by atoms with E-state index < -0.39 is 0 Å². The standard InChI is InChI=1S/C13H12N4/c1-9-3-2-4-10(7-9)17-13-12-11(5-6-14-12)15-8-16-13/h2-8,14H,1H3,(H,15,16,17). The summed E-state index contributed by atoms with van der Waals surface area (Å²) in [7, 11) is 0. The molecule has 0 aliphatic heterocycles. The van der Waals surface area contributed by atoms with Gasteiger partial charge in [0.05, 0.1) is 5.52 Å². The van der Waals surface area contributed by atoms with Gasteiger partial charge < -0.3 is 10.3 Å². The summed E-state index contributed by atoms with van der Waals surface area (Å²) in [4.78, 5) is 11.6. The molecule has 0 fully saturated rings. The molecule has 2 N–H and O–H groups in total. The van der Waals surface area contributed by atoms with Crippen molar-refractivity contribution in [2.45, 2.75) is 6.92 Å². The van der Waals surface area contributed by atoms with E-state index in [2.05, 4.69) is 39.3 Å². The molecule has 0 radical (unpaired) electrons. The van der Waals surface area contributed by atoms with Crippen molar-refractivity contribution in [3.8, 4) is 0 Å². The lowest BCUT2D eigenvalue weighted by Gasteiger charge is -2.06. The van der Waals surface area contributed by atoms with Crippen molar-refractivity contribution in [3.63, 3.8) is 0 Å². The van der Waals surface area contributed by atoms with Crippen LogP contribution in [0.5, 0.6) is 0 Å². The fraction of sp³-hybridized carbons (Fsp3) is 0.0769. The van der Waals surface area contributed by atoms with Crippen LogP contribution in [-0.4, -0.2) is 15.0 Å². The highest BCUT2D eigenvalue weighted by Gasteiger charge is 2.04. The van der Waals surface area contributed by atoms with Gasteiger partial charge in [0, 0.05) is 11.9 Å². The van der Waals surface area contributed by atoms with Gasteiger partial charge in [0.1, 0.15) is 11.8 Å². The van der Waals surface area contributed by atoms with Crippen LogP contribution in [0, 0.1) is 6.92 Å². The van der Waals surface area contributed by atoms with E-state index in [1.807, 2.05) is 24.4 Å². The number of aryl methyl sites for hydroxylation is 1. The van der Waals surface area contributed by atoms with Crippen molar-refractivity contribution in [1.82, 2.24) is 15.0 Å². The van der Waals surface area contributed by atoms with Gasteiger partial charge in [-0.05, 0) is 30.7 Å². The largest absolute Gasteiger partial charge is 0.357 e. The summed E-state index contributed by atoms with van der Waals surface area (Å²) in [6.07, 6.45) is 3.43. The number of hydrogen-bond donors (Lipinski definition) is 2. The van der Waals surface area contributed by atoms with Crippen molar-refractivity contribution in [2.24, 2.45) is 0 Å². The Morgan fingerprint density at radius 2 is 2.12 bits per heavy atom. The zero-order chi connectivity index (χ0) is 11.7. The molecule has 4 nitrogen and oxygen atoms in total. The van der Waals surface area contributed by atoms with Crippen molar-refractivity contribution < 1.29 is 0 Å². The minimum absolute atomic E-state index is 0.797. The summed E-state index contributed by atoms with van der Waals surface area (Å²) in [6.45, 7) is 2.06. The maximum Gasteiger partial charge on any atom is 0.158 e. The minimum atomic E-state index is 0.797. The fourth-order valence-electron chi connectivity index (χ4n) is 1.83. The Morgan fingerprint density at radius 3 is 3.00 bits per heavy atom. The van der Waals surface area contributed by atoms with Crippen molar-refractivity contribution in [1.29, 1.82) is 0 Å². The van der Waals surface area contributed by atoms with Crippen molar-refractivity contribution in [3.05, 3.63) is 48.4 Å². The highest BCUT2D eigenvalue weighted by molar-refractivity contribution is 5.87. The number of nitrogens with one attached hydrogen (secondary N) is 2. The summed E-state index contributed by atoms with van der Waals surface area (Å²) >= 11 is 0. The summed E-state index contributed by atoms with van der Waals surface area (Å²) in [5.74, 6) is 0.797. The summed E-state index contributed by atoms with van der Waals surface area (Å²) in [5.41, 5.74) is 4.08. The van der Waals surface area contributed by atoms with Crippen LogP contribution in [0.4, 0.5) is 11.5 Å². The number of nitrogens with zero attached hydrogens (tertiary/aromatic N) is 2. The normalized spacial score (nSPS) is 10.6. The lowest BCUT2D eigenvalue weighted by atomic mass is 10.2. The average Bonchev–Trinajstić information content (AvgIpc) is 2.78. The molecule has 1 aromatic carbocycles. The number of fused-ring (bicyclic) bond motifs is 1. The summed E-state index contributed by atoms with van der Waals surface area (Å²) < 4.78 is 0. The quantitative estimate of drug-likeness (QED) is 0.703. The molecule has 0 unspecified atom stereocenters. The lowest BCUT2D eigenvalue weighted by molar-refractivity contribution is 1.21. The molecule has 0 saturated heterocycles. The Kier molecular flexibility index (Phi) is 2.26. The predicted octanol–water partition coefficient (Wildman–Crippen LogP) is 3.01. The van der Waals surface area contributed by atoms with E-state index in [9.17, 15) is 0 Å². The summed E-state index contributed by atoms with van der Waals surface area (Å²) in [5, 5.41) is 3.29. The van der Waals surface area contributed by atoms with Gasteiger partial charge in [-0.2, -0.15) is 0 Å². The summed E-state index contributed by atoms with van der Waals surface area (Å²) in [6, 6.07) is 10.1. The number of hydrogen-bond acceptors (Lipinski definition) is 3. The second-order valence-electron chi connectivity index (χ2n) is 3.95. The van der Waals surface area contributed by atoms with Gasteiger partial charge in [-0.3, -0.25) is 0 Å². The van der Waals surface area contributed by atoms with E-state index in [-0.39, 0.29) is 0 Å². The number of aromatic nitrogens is 3. The van der Waals surface area contributed by atoms with Crippen LogP contribution in [0.2, 0.25) is 0 Å². The Bertz CT molecular complexity index is 657. The second kappa shape index (κ2) is 3.90. The van der Waals surface area contributed by atoms with Crippen LogP contribution >= 0.6 is 0 Å². The number of aromatic amines is 1. The van der Waals surface area contributed by atoms with Crippen LogP contribution in [0.25, 0.3) is 11.0 Å². The third-order valence-corrected chi connectivity index (χ3v) is 2.63. The number of H-pyrrole nitrogens is 1. The maximum atomic E-state index is 4.25. The van der Waals surface area contributed by atoms with E-state index in [0.717, 1.165) is 22.5 Å². The van der Waals surface area contributed by atoms with Crippen molar-refractivity contribution in [2.75, 3.05) is 5.32 Å². The molecule has 17 heavy (non-hydrogen) atoms. The Balaban J connectivity index is 2.02. The molecule has 2 heterocycles. The first-order chi connectivity index (χ1) is 8.33. The van der Waals surface area contributed by atoms with Crippen LogP contribution in [0.15, 0.2) is 42.9 Å². The van der Waals surface area contributed by atoms with Gasteiger partial charge in [0.15, 0.2) is 5.82 Å². The van der Waals surface area contributed by atoms with Gasteiger partial charge in [0.25, 0.3) is 0 Å². The van der Waals surface area contributed by atoms with Crippen LogP contribution < -0.4 is 5.32 Å². The Morgan fingerprint density at radius 1 is 1.18 bits per heavy atom. The van der Waals surface area contributed by atoms with Gasteiger partial charge in [0.2, 0.25) is 0 Å². The van der Waals surface area contributed by atoms with E-state index >= 15 is 0 Å². The molecule has 2 aromatic heterocycles. The smallest absolute Gasteiger partial charge is 0.158 e. The molecule has 0 aliphatic carbocycles. The van der Waals surface area contributed by atoms with Crippen LogP contribution in [0.3, 0.4) is 0 Å². The topological polar surface area (TPSA) is 53.6 Å². The second-order valence-corrected chi connectivity index (χ2v) is 3.95. The third kappa shape index (κ3) is 1.85. The molecule has 3 rings (SSSR count). The molecular formula is C13H12N4. The van der Waals surface area contributed by atoms with E-state index in [4.69, 9.17) is 0 Å². The molecule has 0 spiro atoms. The van der Waals surface area contributed by atoms with Crippen molar-refractivity contribution >= 4 is 22.5 Å². The zero-order valence-corrected chi connectivity index (χ0v) is 9.44. The lowest BCUT2D eigenvalue weighted by Crippen LogP contribution is -1.95. The SMILES string of the molecule is Cc1cccc(Nc2ncnc3cc[nH]c23)c1. The Hall–Kier alpha value is -2.36. The van der Waals surface area contributed by atoms with Gasteiger partial charge in [-0.25, -0.2) is 9.97 Å². The number of benzene rings is 1. The number of rotatable bonds is 2. The van der Waals surface area contributed by atoms with E-state index in [1.165, 1.54) is 5.56 Å².